The molecule has 0 saturated carbocycles. The lowest BCUT2D eigenvalue weighted by Gasteiger charge is -2.19. The van der Waals surface area contributed by atoms with Crippen molar-refractivity contribution in [3.8, 4) is 0 Å². The molecule has 1 aromatic rings. The summed E-state index contributed by atoms with van der Waals surface area (Å²) < 4.78 is 13.2. The van der Waals surface area contributed by atoms with E-state index in [0.29, 0.717) is 12.1 Å². The number of nitrogens with zero attached hydrogens (tertiary/aromatic N) is 1. The van der Waals surface area contributed by atoms with Crippen LogP contribution in [-0.2, 0) is 4.79 Å². The summed E-state index contributed by atoms with van der Waals surface area (Å²) in [6, 6.07) is 3.72. The monoisotopic (exact) mass is 253 g/mol. The Bertz CT molecular complexity index is 421. The van der Waals surface area contributed by atoms with Crippen LogP contribution in [0.2, 0.25) is 0 Å². The number of halogens is 1. The largest absolute Gasteiger partial charge is 0.368 e. The van der Waals surface area contributed by atoms with Crippen molar-refractivity contribution in [2.45, 2.75) is 13.0 Å². The van der Waals surface area contributed by atoms with Crippen LogP contribution in [0.25, 0.3) is 0 Å². The molecule has 0 heterocycles. The van der Waals surface area contributed by atoms with E-state index in [2.05, 4.69) is 5.32 Å². The van der Waals surface area contributed by atoms with Gasteiger partial charge in [-0.25, -0.2) is 4.39 Å². The number of nitrogens with two attached hydrogens (primary N) is 1. The molecule has 1 unspecified atom stereocenters. The number of likely N-dealkylation sites (N-methyl/N-ethyl adjacent to an activating group) is 1. The van der Waals surface area contributed by atoms with Crippen LogP contribution in [0.3, 0.4) is 0 Å². The Morgan fingerprint density at radius 3 is 2.72 bits per heavy atom. The average Bonchev–Trinajstić information content (AvgIpc) is 2.27. The van der Waals surface area contributed by atoms with Gasteiger partial charge in [0.25, 0.3) is 0 Å². The molecule has 18 heavy (non-hydrogen) atoms. The van der Waals surface area contributed by atoms with Gasteiger partial charge in [0.2, 0.25) is 5.91 Å². The fraction of sp³-hybridized carbons (Fsp3) is 0.462. The zero-order valence-electron chi connectivity index (χ0n) is 11.0. The van der Waals surface area contributed by atoms with Gasteiger partial charge in [0, 0.05) is 13.1 Å². The molecular formula is C13H20FN3O. The second kappa shape index (κ2) is 6.47. The number of carbonyl (C=O) groups is 1. The second-order valence-electron chi connectivity index (χ2n) is 4.59. The molecule has 0 aliphatic heterocycles. The van der Waals surface area contributed by atoms with Gasteiger partial charge in [-0.15, -0.1) is 0 Å². The van der Waals surface area contributed by atoms with Crippen LogP contribution in [0.15, 0.2) is 18.2 Å². The molecule has 0 aliphatic rings. The third-order valence-electron chi connectivity index (χ3n) is 2.74. The zero-order chi connectivity index (χ0) is 13.7. The minimum absolute atomic E-state index is 0.365. The van der Waals surface area contributed by atoms with E-state index in [0.717, 1.165) is 12.1 Å². The van der Waals surface area contributed by atoms with E-state index < -0.39 is 11.9 Å². The topological polar surface area (TPSA) is 58.4 Å². The maximum absolute atomic E-state index is 13.2. The van der Waals surface area contributed by atoms with Gasteiger partial charge < -0.3 is 16.0 Å². The van der Waals surface area contributed by atoms with Crippen molar-refractivity contribution < 1.29 is 9.18 Å². The summed E-state index contributed by atoms with van der Waals surface area (Å²) in [4.78, 5) is 13.5. The number of nitrogens with one attached hydrogen (secondary N) is 1. The first-order chi connectivity index (χ1) is 8.41. The van der Waals surface area contributed by atoms with Crippen molar-refractivity contribution in [1.82, 2.24) is 10.2 Å². The molecule has 1 atom stereocenters. The maximum atomic E-state index is 13.2. The highest BCUT2D eigenvalue weighted by Crippen LogP contribution is 2.18. The first-order valence-electron chi connectivity index (χ1n) is 5.85. The van der Waals surface area contributed by atoms with E-state index in [9.17, 15) is 9.18 Å². The molecule has 0 fully saturated rings. The van der Waals surface area contributed by atoms with E-state index in [-0.39, 0.29) is 5.82 Å². The van der Waals surface area contributed by atoms with Crippen LogP contribution in [0.5, 0.6) is 0 Å². The predicted molar refractivity (Wildman–Crippen MR) is 69.6 cm³/mol. The molecular weight excluding hydrogens is 233 g/mol. The third-order valence-corrected chi connectivity index (χ3v) is 2.74. The van der Waals surface area contributed by atoms with Gasteiger partial charge in [0.05, 0.1) is 0 Å². The molecule has 0 saturated heterocycles. The summed E-state index contributed by atoms with van der Waals surface area (Å²) in [6.07, 6.45) is 0. The summed E-state index contributed by atoms with van der Waals surface area (Å²) >= 11 is 0. The molecule has 0 radical (unpaired) electrons. The van der Waals surface area contributed by atoms with Crippen LogP contribution < -0.4 is 11.1 Å². The number of primary amides is 1. The van der Waals surface area contributed by atoms with E-state index in [1.54, 1.807) is 6.07 Å². The minimum atomic E-state index is -0.652. The molecule has 1 rings (SSSR count). The fourth-order valence-electron chi connectivity index (χ4n) is 1.72. The maximum Gasteiger partial charge on any atom is 0.239 e. The summed E-state index contributed by atoms with van der Waals surface area (Å²) in [7, 11) is 3.88. The van der Waals surface area contributed by atoms with Crippen LogP contribution in [0, 0.1) is 12.7 Å². The Balaban J connectivity index is 2.84. The van der Waals surface area contributed by atoms with E-state index in [1.807, 2.05) is 25.9 Å². The van der Waals surface area contributed by atoms with Gasteiger partial charge in [0.15, 0.2) is 0 Å². The third kappa shape index (κ3) is 4.09. The molecule has 5 heteroatoms. The smallest absolute Gasteiger partial charge is 0.239 e. The Hall–Kier alpha value is -1.46. The van der Waals surface area contributed by atoms with Crippen molar-refractivity contribution in [2.75, 3.05) is 27.2 Å². The highest BCUT2D eigenvalue weighted by molar-refractivity contribution is 5.81. The zero-order valence-corrected chi connectivity index (χ0v) is 11.0. The minimum Gasteiger partial charge on any atom is -0.368 e. The van der Waals surface area contributed by atoms with E-state index >= 15 is 0 Å². The second-order valence-corrected chi connectivity index (χ2v) is 4.59. The Labute approximate surface area is 107 Å². The van der Waals surface area contributed by atoms with Crippen LogP contribution >= 0.6 is 0 Å². The highest BCUT2D eigenvalue weighted by atomic mass is 19.1. The molecule has 0 aromatic heterocycles. The molecule has 0 bridgehead atoms. The number of aryl methyl sites for hydroxylation is 1. The van der Waals surface area contributed by atoms with Crippen molar-refractivity contribution in [2.24, 2.45) is 5.73 Å². The summed E-state index contributed by atoms with van der Waals surface area (Å²) in [5.74, 6) is -0.862. The van der Waals surface area contributed by atoms with Crippen LogP contribution in [0.1, 0.15) is 17.2 Å². The summed E-state index contributed by atoms with van der Waals surface area (Å²) in [6.45, 7) is 3.22. The fourth-order valence-corrected chi connectivity index (χ4v) is 1.72. The van der Waals surface area contributed by atoms with Gasteiger partial charge in [0.1, 0.15) is 11.9 Å². The SMILES string of the molecule is Cc1ccc(F)cc1C(NCCN(C)C)C(N)=O. The summed E-state index contributed by atoms with van der Waals surface area (Å²) in [5.41, 5.74) is 6.81. The highest BCUT2D eigenvalue weighted by Gasteiger charge is 2.19. The lowest BCUT2D eigenvalue weighted by atomic mass is 10.0. The molecule has 3 N–H and O–H groups in total. The van der Waals surface area contributed by atoms with Crippen LogP contribution in [-0.4, -0.2) is 38.0 Å². The molecule has 1 aromatic carbocycles. The molecule has 0 aliphatic carbocycles. The van der Waals surface area contributed by atoms with Crippen LogP contribution in [0.4, 0.5) is 4.39 Å². The Kier molecular flexibility index (Phi) is 5.25. The quantitative estimate of drug-likeness (QED) is 0.789. The number of hydrogen-bond acceptors (Lipinski definition) is 3. The number of benzene rings is 1. The van der Waals surface area contributed by atoms with Gasteiger partial charge in [-0.2, -0.15) is 0 Å². The van der Waals surface area contributed by atoms with E-state index in [4.69, 9.17) is 5.73 Å². The lowest BCUT2D eigenvalue weighted by Crippen LogP contribution is -2.37. The van der Waals surface area contributed by atoms with Crippen molar-refractivity contribution in [3.63, 3.8) is 0 Å². The lowest BCUT2D eigenvalue weighted by molar-refractivity contribution is -0.120. The summed E-state index contributed by atoms with van der Waals surface area (Å²) in [5, 5.41) is 3.05. The van der Waals surface area contributed by atoms with Gasteiger partial charge in [-0.3, -0.25) is 4.79 Å². The number of hydrogen-bond donors (Lipinski definition) is 2. The molecule has 100 valence electrons. The van der Waals surface area contributed by atoms with Crippen molar-refractivity contribution in [1.29, 1.82) is 0 Å². The first kappa shape index (κ1) is 14.6. The number of rotatable bonds is 6. The van der Waals surface area contributed by atoms with E-state index in [1.165, 1.54) is 12.1 Å². The van der Waals surface area contributed by atoms with Gasteiger partial charge >= 0.3 is 0 Å². The van der Waals surface area contributed by atoms with Crippen molar-refractivity contribution >= 4 is 5.91 Å². The molecule has 0 spiro atoms. The normalized spacial score (nSPS) is 12.7. The standard InChI is InChI=1S/C13H20FN3O/c1-9-4-5-10(14)8-11(9)12(13(15)18)16-6-7-17(2)3/h4-5,8,12,16H,6-7H2,1-3H3,(H2,15,18). The average molecular weight is 253 g/mol. The first-order valence-corrected chi connectivity index (χ1v) is 5.85. The number of carbonyl (C=O) groups excluding carboxylic acids is 1. The Morgan fingerprint density at radius 2 is 2.17 bits per heavy atom. The van der Waals surface area contributed by atoms with Gasteiger partial charge in [-0.1, -0.05) is 6.07 Å². The predicted octanol–water partition coefficient (Wildman–Crippen LogP) is 0.812. The van der Waals surface area contributed by atoms with Crippen molar-refractivity contribution in [3.05, 3.63) is 35.1 Å². The number of amides is 1. The molecule has 1 amide bonds. The Morgan fingerprint density at radius 1 is 1.50 bits per heavy atom. The molecule has 4 nitrogen and oxygen atoms in total. The van der Waals surface area contributed by atoms with Gasteiger partial charge in [-0.05, 0) is 44.3 Å².